The fourth-order valence-electron chi connectivity index (χ4n) is 2.05. The summed E-state index contributed by atoms with van der Waals surface area (Å²) in [4.78, 5) is 0. The Morgan fingerprint density at radius 2 is 1.82 bits per heavy atom. The number of hydrogen-bond acceptors (Lipinski definition) is 2. The average Bonchev–Trinajstić information content (AvgIpc) is 3.07. The van der Waals surface area contributed by atoms with E-state index in [1.54, 1.807) is 0 Å². The molecule has 0 spiro atoms. The van der Waals surface area contributed by atoms with Crippen molar-refractivity contribution in [3.63, 3.8) is 0 Å². The van der Waals surface area contributed by atoms with Crippen LogP contribution >= 0.6 is 0 Å². The lowest BCUT2D eigenvalue weighted by Gasteiger charge is -2.30. The minimum absolute atomic E-state index is 0.0413. The molecule has 3 heteroatoms. The Bertz CT molecular complexity index is 426. The third kappa shape index (κ3) is 2.77. The summed E-state index contributed by atoms with van der Waals surface area (Å²) in [6.45, 7) is 6.53. The summed E-state index contributed by atoms with van der Waals surface area (Å²) < 4.78 is 6.26. The lowest BCUT2D eigenvalue weighted by molar-refractivity contribution is 0.142. The molecule has 0 bridgehead atoms. The molecule has 1 saturated carbocycles. The third-order valence-electron chi connectivity index (χ3n) is 3.09. The van der Waals surface area contributed by atoms with Gasteiger partial charge < -0.3 is 4.43 Å². The van der Waals surface area contributed by atoms with E-state index in [0.29, 0.717) is 0 Å². The maximum absolute atomic E-state index is 9.37. The van der Waals surface area contributed by atoms with E-state index in [2.05, 4.69) is 37.8 Å². The van der Waals surface area contributed by atoms with E-state index in [4.69, 9.17) is 4.43 Å². The van der Waals surface area contributed by atoms with Gasteiger partial charge in [0.25, 0.3) is 0 Å². The van der Waals surface area contributed by atoms with Crippen molar-refractivity contribution < 1.29 is 4.43 Å². The highest BCUT2D eigenvalue weighted by molar-refractivity contribution is 6.69. The van der Waals surface area contributed by atoms with Crippen LogP contribution in [0.25, 0.3) is 0 Å². The zero-order valence-corrected chi connectivity index (χ0v) is 11.7. The molecule has 0 saturated heterocycles. The molecule has 2 nitrogen and oxygen atoms in total. The van der Waals surface area contributed by atoms with E-state index < -0.39 is 8.32 Å². The summed E-state index contributed by atoms with van der Waals surface area (Å²) in [5, 5.41) is 9.37. The predicted molar refractivity (Wildman–Crippen MR) is 70.9 cm³/mol. The maximum atomic E-state index is 9.37. The molecule has 0 heterocycles. The fourth-order valence-corrected chi connectivity index (χ4v) is 3.12. The first-order valence-electron chi connectivity index (χ1n) is 6.11. The molecule has 0 N–H and O–H groups in total. The number of nitrogens with zero attached hydrogens (tertiary/aromatic N) is 1. The average molecular weight is 245 g/mol. The van der Waals surface area contributed by atoms with Crippen molar-refractivity contribution >= 4 is 8.32 Å². The van der Waals surface area contributed by atoms with Gasteiger partial charge in [-0.3, -0.25) is 0 Å². The molecule has 0 aromatic heterocycles. The number of benzene rings is 1. The van der Waals surface area contributed by atoms with Crippen molar-refractivity contribution in [2.75, 3.05) is 0 Å². The van der Waals surface area contributed by atoms with Gasteiger partial charge in [-0.25, -0.2) is 0 Å². The van der Waals surface area contributed by atoms with E-state index >= 15 is 0 Å². The molecular weight excluding hydrogens is 226 g/mol. The molecule has 1 aromatic carbocycles. The van der Waals surface area contributed by atoms with Crippen LogP contribution in [0.1, 0.15) is 24.5 Å². The summed E-state index contributed by atoms with van der Waals surface area (Å²) in [5.41, 5.74) is 0.885. The second-order valence-electron chi connectivity index (χ2n) is 5.79. The van der Waals surface area contributed by atoms with Crippen LogP contribution in [0, 0.1) is 16.7 Å². The molecule has 1 aliphatic rings. The van der Waals surface area contributed by atoms with Crippen LogP contribution in [0.4, 0.5) is 0 Å². The van der Waals surface area contributed by atoms with E-state index in [0.717, 1.165) is 18.4 Å². The molecule has 17 heavy (non-hydrogen) atoms. The fraction of sp³-hybridized carbons (Fsp3) is 0.500. The van der Waals surface area contributed by atoms with Crippen LogP contribution in [0.15, 0.2) is 30.3 Å². The van der Waals surface area contributed by atoms with Gasteiger partial charge in [-0.15, -0.1) is 0 Å². The largest absolute Gasteiger partial charge is 0.409 e. The first kappa shape index (κ1) is 12.3. The molecule has 1 atom stereocenters. The zero-order valence-electron chi connectivity index (χ0n) is 10.7. The first-order valence-corrected chi connectivity index (χ1v) is 9.52. The summed E-state index contributed by atoms with van der Waals surface area (Å²) in [6.07, 6.45) is 1.89. The van der Waals surface area contributed by atoms with Crippen molar-refractivity contribution in [3.8, 4) is 6.07 Å². The molecule has 0 aliphatic heterocycles. The molecular formula is C14H19NOSi. The van der Waals surface area contributed by atoms with Gasteiger partial charge in [0, 0.05) is 0 Å². The van der Waals surface area contributed by atoms with Gasteiger partial charge in [0.15, 0.2) is 8.32 Å². The Hall–Kier alpha value is -1.11. The normalized spacial score (nSPS) is 19.4. The van der Waals surface area contributed by atoms with E-state index in [9.17, 15) is 5.26 Å². The summed E-state index contributed by atoms with van der Waals surface area (Å²) in [7, 11) is -1.64. The Morgan fingerprint density at radius 3 is 2.24 bits per heavy atom. The van der Waals surface area contributed by atoms with Gasteiger partial charge in [0.05, 0.1) is 17.6 Å². The highest BCUT2D eigenvalue weighted by atomic mass is 28.4. The van der Waals surface area contributed by atoms with Crippen molar-refractivity contribution in [2.45, 2.75) is 38.6 Å². The Balaban J connectivity index is 2.30. The standard InChI is InChI=1S/C14H19NOSi/c1-17(2,3)16-13(14(11-15)9-10-14)12-7-5-4-6-8-12/h4-8,13H,9-10H2,1-3H3/t13-/m1/s1. The van der Waals surface area contributed by atoms with Gasteiger partial charge in [-0.05, 0) is 38.0 Å². The topological polar surface area (TPSA) is 33.0 Å². The summed E-state index contributed by atoms with van der Waals surface area (Å²) in [6, 6.07) is 12.6. The van der Waals surface area contributed by atoms with Crippen molar-refractivity contribution in [1.82, 2.24) is 0 Å². The van der Waals surface area contributed by atoms with E-state index in [-0.39, 0.29) is 11.5 Å². The highest BCUT2D eigenvalue weighted by Gasteiger charge is 2.52. The lowest BCUT2D eigenvalue weighted by atomic mass is 9.94. The molecule has 90 valence electrons. The zero-order chi connectivity index (χ0) is 12.5. The monoisotopic (exact) mass is 245 g/mol. The van der Waals surface area contributed by atoms with Crippen molar-refractivity contribution in [3.05, 3.63) is 35.9 Å². The quantitative estimate of drug-likeness (QED) is 0.754. The number of rotatable bonds is 4. The van der Waals surface area contributed by atoms with E-state index in [1.165, 1.54) is 0 Å². The van der Waals surface area contributed by atoms with Crippen LogP contribution in [0.5, 0.6) is 0 Å². The second-order valence-corrected chi connectivity index (χ2v) is 10.2. The van der Waals surface area contributed by atoms with Crippen LogP contribution in [0.2, 0.25) is 19.6 Å². The highest BCUT2D eigenvalue weighted by Crippen LogP contribution is 2.56. The molecule has 2 rings (SSSR count). The smallest absolute Gasteiger partial charge is 0.184 e. The first-order chi connectivity index (χ1) is 7.97. The number of hydrogen-bond donors (Lipinski definition) is 0. The van der Waals surface area contributed by atoms with Crippen LogP contribution in [-0.4, -0.2) is 8.32 Å². The predicted octanol–water partition coefficient (Wildman–Crippen LogP) is 3.88. The molecule has 0 radical (unpaired) electrons. The van der Waals surface area contributed by atoms with Crippen LogP contribution in [-0.2, 0) is 4.43 Å². The SMILES string of the molecule is C[Si](C)(C)O[C@H](c1ccccc1)C1(C#N)CC1. The molecule has 1 aliphatic carbocycles. The van der Waals surface area contributed by atoms with Gasteiger partial charge in [0.1, 0.15) is 0 Å². The molecule has 0 unspecified atom stereocenters. The summed E-state index contributed by atoms with van der Waals surface area (Å²) >= 11 is 0. The molecule has 1 fully saturated rings. The van der Waals surface area contributed by atoms with Crippen molar-refractivity contribution in [1.29, 1.82) is 5.26 Å². The van der Waals surface area contributed by atoms with Crippen molar-refractivity contribution in [2.24, 2.45) is 5.41 Å². The minimum Gasteiger partial charge on any atom is -0.409 e. The number of nitriles is 1. The van der Waals surface area contributed by atoms with Gasteiger partial charge in [0.2, 0.25) is 0 Å². The summed E-state index contributed by atoms with van der Waals surface area (Å²) in [5.74, 6) is 0. The van der Waals surface area contributed by atoms with Crippen LogP contribution < -0.4 is 0 Å². The molecule has 1 aromatic rings. The van der Waals surface area contributed by atoms with Gasteiger partial charge >= 0.3 is 0 Å². The Morgan fingerprint density at radius 1 is 1.24 bits per heavy atom. The van der Waals surface area contributed by atoms with Gasteiger partial charge in [-0.2, -0.15) is 5.26 Å². The Labute approximate surface area is 104 Å². The van der Waals surface area contributed by atoms with Gasteiger partial charge in [-0.1, -0.05) is 30.3 Å². The van der Waals surface area contributed by atoms with Crippen LogP contribution in [0.3, 0.4) is 0 Å². The minimum atomic E-state index is -1.64. The second kappa shape index (κ2) is 4.28. The van der Waals surface area contributed by atoms with E-state index in [1.807, 2.05) is 18.2 Å². The molecule has 0 amide bonds. The Kier molecular flexibility index (Phi) is 3.11. The maximum Gasteiger partial charge on any atom is 0.184 e. The third-order valence-corrected chi connectivity index (χ3v) is 4.03. The lowest BCUT2D eigenvalue weighted by Crippen LogP contribution is -2.31.